The number of hydrogen-bond acceptors (Lipinski definition) is 5. The number of carbonyl (C=O) groups is 1. The van der Waals surface area contributed by atoms with Gasteiger partial charge in [-0.25, -0.2) is 0 Å². The average Bonchev–Trinajstić information content (AvgIpc) is 3.06. The number of esters is 1. The minimum Gasteiger partial charge on any atom is -0.488 e. The molecule has 2 fully saturated rings. The van der Waals surface area contributed by atoms with Gasteiger partial charge in [0.2, 0.25) is 0 Å². The van der Waals surface area contributed by atoms with Crippen LogP contribution in [0.15, 0.2) is 24.4 Å². The quantitative estimate of drug-likeness (QED) is 0.775. The molecule has 1 aliphatic carbocycles. The number of aromatic nitrogens is 1. The highest BCUT2D eigenvalue weighted by Gasteiger charge is 2.41. The summed E-state index contributed by atoms with van der Waals surface area (Å²) in [6.45, 7) is 5.41. The lowest BCUT2D eigenvalue weighted by Gasteiger charge is -2.35. The number of anilines is 1. The predicted octanol–water partition coefficient (Wildman–Crippen LogP) is 3.72. The molecule has 27 heavy (non-hydrogen) atoms. The molecule has 0 bridgehead atoms. The van der Waals surface area contributed by atoms with Crippen LogP contribution in [0.25, 0.3) is 10.9 Å². The van der Waals surface area contributed by atoms with Gasteiger partial charge in [-0.05, 0) is 50.7 Å². The van der Waals surface area contributed by atoms with E-state index in [0.717, 1.165) is 50.0 Å². The molecule has 2 unspecified atom stereocenters. The fourth-order valence-corrected chi connectivity index (χ4v) is 5.06. The van der Waals surface area contributed by atoms with Crippen molar-refractivity contribution in [1.29, 1.82) is 0 Å². The van der Waals surface area contributed by atoms with Gasteiger partial charge in [0.05, 0.1) is 36.5 Å². The first-order valence-electron chi connectivity index (χ1n) is 10.1. The first-order valence-corrected chi connectivity index (χ1v) is 10.1. The maximum atomic E-state index is 11.8. The van der Waals surface area contributed by atoms with E-state index in [9.17, 15) is 4.79 Å². The smallest absolute Gasteiger partial charge is 0.309 e. The monoisotopic (exact) mass is 366 g/mol. The second kappa shape index (κ2) is 6.70. The molecule has 142 valence electrons. The molecule has 2 aromatic rings. The summed E-state index contributed by atoms with van der Waals surface area (Å²) in [4.78, 5) is 18.8. The van der Waals surface area contributed by atoms with Crippen LogP contribution in [0.3, 0.4) is 0 Å². The van der Waals surface area contributed by atoms with Crippen LogP contribution >= 0.6 is 0 Å². The van der Waals surface area contributed by atoms with Crippen LogP contribution in [-0.2, 0) is 9.53 Å². The molecule has 5 nitrogen and oxygen atoms in total. The maximum Gasteiger partial charge on any atom is 0.309 e. The van der Waals surface area contributed by atoms with Gasteiger partial charge in [-0.15, -0.1) is 0 Å². The topological polar surface area (TPSA) is 51.7 Å². The van der Waals surface area contributed by atoms with Crippen molar-refractivity contribution in [3.63, 3.8) is 0 Å². The van der Waals surface area contributed by atoms with Crippen molar-refractivity contribution in [2.24, 2.45) is 17.8 Å². The van der Waals surface area contributed by atoms with Crippen molar-refractivity contribution in [2.45, 2.75) is 32.6 Å². The number of rotatable bonds is 3. The first-order chi connectivity index (χ1) is 13.2. The van der Waals surface area contributed by atoms with E-state index in [1.54, 1.807) is 0 Å². The zero-order valence-corrected chi connectivity index (χ0v) is 15.8. The summed E-state index contributed by atoms with van der Waals surface area (Å²) in [5.41, 5.74) is 3.47. The van der Waals surface area contributed by atoms with E-state index in [2.05, 4.69) is 35.0 Å². The molecule has 3 heterocycles. The molecule has 1 saturated carbocycles. The number of benzene rings is 1. The second-order valence-electron chi connectivity index (χ2n) is 8.29. The number of aryl methyl sites for hydroxylation is 1. The summed E-state index contributed by atoms with van der Waals surface area (Å²) >= 11 is 0. The van der Waals surface area contributed by atoms with Crippen LogP contribution < -0.4 is 9.64 Å². The molecule has 0 amide bonds. The third-order valence-corrected chi connectivity index (χ3v) is 6.54. The molecule has 2 aliphatic heterocycles. The SMILES string of the molecule is Cc1ccc2ncc3c(c2c1)N(CC[C@H]1CCC2C(=O)OCC2C1)CCO3. The zero-order valence-electron chi connectivity index (χ0n) is 15.8. The molecule has 0 spiro atoms. The summed E-state index contributed by atoms with van der Waals surface area (Å²) in [6, 6.07) is 6.42. The molecule has 5 heteroatoms. The summed E-state index contributed by atoms with van der Waals surface area (Å²) in [5.74, 6) is 2.24. The number of nitrogens with zero attached hydrogens (tertiary/aromatic N) is 2. The Hall–Kier alpha value is -2.30. The lowest BCUT2D eigenvalue weighted by atomic mass is 9.74. The van der Waals surface area contributed by atoms with Crippen molar-refractivity contribution in [2.75, 3.05) is 31.2 Å². The van der Waals surface area contributed by atoms with Gasteiger partial charge in [0.1, 0.15) is 6.61 Å². The van der Waals surface area contributed by atoms with Gasteiger partial charge in [0.15, 0.2) is 5.75 Å². The van der Waals surface area contributed by atoms with Gasteiger partial charge in [-0.3, -0.25) is 9.78 Å². The molecule has 3 aliphatic rings. The molecule has 5 rings (SSSR count). The van der Waals surface area contributed by atoms with Gasteiger partial charge in [0.25, 0.3) is 0 Å². The number of fused-ring (bicyclic) bond motifs is 4. The second-order valence-corrected chi connectivity index (χ2v) is 8.29. The molecule has 0 radical (unpaired) electrons. The van der Waals surface area contributed by atoms with Crippen LogP contribution in [0.4, 0.5) is 5.69 Å². The highest BCUT2D eigenvalue weighted by Crippen LogP contribution is 2.41. The Morgan fingerprint density at radius 1 is 1.26 bits per heavy atom. The Labute approximate surface area is 159 Å². The summed E-state index contributed by atoms with van der Waals surface area (Å²) in [5, 5.41) is 1.19. The van der Waals surface area contributed by atoms with Crippen molar-refractivity contribution in [3.05, 3.63) is 30.0 Å². The van der Waals surface area contributed by atoms with E-state index in [1.165, 1.54) is 16.6 Å². The van der Waals surface area contributed by atoms with E-state index in [1.807, 2.05) is 6.20 Å². The largest absolute Gasteiger partial charge is 0.488 e. The molecule has 1 aromatic carbocycles. The number of ether oxygens (including phenoxy) is 2. The molecule has 3 atom stereocenters. The fourth-order valence-electron chi connectivity index (χ4n) is 5.06. The Morgan fingerprint density at radius 2 is 2.19 bits per heavy atom. The molecule has 1 aromatic heterocycles. The van der Waals surface area contributed by atoms with Crippen LogP contribution in [-0.4, -0.2) is 37.3 Å². The van der Waals surface area contributed by atoms with Crippen LogP contribution in [0.2, 0.25) is 0 Å². The summed E-state index contributed by atoms with van der Waals surface area (Å²) in [6.07, 6.45) is 6.30. The van der Waals surface area contributed by atoms with Crippen molar-refractivity contribution in [3.8, 4) is 5.75 Å². The van der Waals surface area contributed by atoms with Crippen molar-refractivity contribution in [1.82, 2.24) is 4.98 Å². The Balaban J connectivity index is 1.34. The average molecular weight is 366 g/mol. The Kier molecular flexibility index (Phi) is 4.18. The Morgan fingerprint density at radius 3 is 3.11 bits per heavy atom. The van der Waals surface area contributed by atoms with Gasteiger partial charge in [-0.1, -0.05) is 11.6 Å². The maximum absolute atomic E-state index is 11.8. The van der Waals surface area contributed by atoms with E-state index < -0.39 is 0 Å². The minimum absolute atomic E-state index is 0.0369. The molecular formula is C22H26N2O3. The molecular weight excluding hydrogens is 340 g/mol. The Bertz CT molecular complexity index is 881. The van der Waals surface area contributed by atoms with E-state index in [-0.39, 0.29) is 11.9 Å². The van der Waals surface area contributed by atoms with E-state index in [0.29, 0.717) is 25.0 Å². The number of cyclic esters (lactones) is 1. The highest BCUT2D eigenvalue weighted by molar-refractivity contribution is 5.95. The van der Waals surface area contributed by atoms with Gasteiger partial charge in [0, 0.05) is 17.8 Å². The first kappa shape index (κ1) is 16.8. The standard InChI is InChI=1S/C22H26N2O3/c1-14-2-5-19-18(10-14)21-20(12-23-19)26-9-8-24(21)7-6-15-3-4-17-16(11-15)13-27-22(17)25/h2,5,10,12,15-17H,3-4,6-9,11,13H2,1H3/t15-,16?,17?/m1/s1. The van der Waals surface area contributed by atoms with Crippen LogP contribution in [0, 0.1) is 24.7 Å². The van der Waals surface area contributed by atoms with Gasteiger partial charge >= 0.3 is 5.97 Å². The number of hydrogen-bond donors (Lipinski definition) is 0. The third kappa shape index (κ3) is 3.03. The molecule has 1 saturated heterocycles. The van der Waals surface area contributed by atoms with E-state index >= 15 is 0 Å². The van der Waals surface area contributed by atoms with Gasteiger partial charge in [-0.2, -0.15) is 0 Å². The van der Waals surface area contributed by atoms with Crippen LogP contribution in [0.5, 0.6) is 5.75 Å². The number of carbonyl (C=O) groups excluding carboxylic acids is 1. The van der Waals surface area contributed by atoms with Gasteiger partial charge < -0.3 is 14.4 Å². The highest BCUT2D eigenvalue weighted by atomic mass is 16.5. The minimum atomic E-state index is 0.0369. The van der Waals surface area contributed by atoms with Crippen LogP contribution in [0.1, 0.15) is 31.2 Å². The molecule has 0 N–H and O–H groups in total. The predicted molar refractivity (Wildman–Crippen MR) is 104 cm³/mol. The lowest BCUT2D eigenvalue weighted by molar-refractivity contribution is -0.141. The zero-order chi connectivity index (χ0) is 18.4. The number of pyridine rings is 1. The third-order valence-electron chi connectivity index (χ3n) is 6.54. The van der Waals surface area contributed by atoms with Crippen molar-refractivity contribution < 1.29 is 14.3 Å². The normalized spacial score (nSPS) is 27.1. The fraction of sp³-hybridized carbons (Fsp3) is 0.545. The van der Waals surface area contributed by atoms with E-state index in [4.69, 9.17) is 9.47 Å². The van der Waals surface area contributed by atoms with Crippen molar-refractivity contribution >= 4 is 22.6 Å². The lowest BCUT2D eigenvalue weighted by Crippen LogP contribution is -2.35. The summed E-state index contributed by atoms with van der Waals surface area (Å²) in [7, 11) is 0. The summed E-state index contributed by atoms with van der Waals surface area (Å²) < 4.78 is 11.2.